The molecule has 1 aliphatic heterocycles. The summed E-state index contributed by atoms with van der Waals surface area (Å²) >= 11 is 0. The highest BCUT2D eigenvalue weighted by atomic mass is 32.2. The summed E-state index contributed by atoms with van der Waals surface area (Å²) in [7, 11) is -4.16. The largest absolute Gasteiger partial charge is 0.381 e. The molecule has 1 fully saturated rings. The Labute approximate surface area is 199 Å². The third-order valence-electron chi connectivity index (χ3n) is 5.70. The molecule has 1 heterocycles. The Kier molecular flexibility index (Phi) is 7.31. The van der Waals surface area contributed by atoms with Crippen LogP contribution in [0.2, 0.25) is 0 Å². The lowest BCUT2D eigenvalue weighted by Crippen LogP contribution is -2.54. The Hall–Kier alpha value is -2.57. The lowest BCUT2D eigenvalue weighted by atomic mass is 9.94. The second kappa shape index (κ2) is 9.47. The van der Waals surface area contributed by atoms with E-state index in [1.807, 2.05) is 4.72 Å². The van der Waals surface area contributed by atoms with Gasteiger partial charge in [-0.3, -0.25) is 4.79 Å². The number of hydrogen-bond donors (Lipinski definition) is 2. The molecule has 12 heteroatoms. The van der Waals surface area contributed by atoms with Gasteiger partial charge in [-0.25, -0.2) is 35.1 Å². The van der Waals surface area contributed by atoms with Crippen molar-refractivity contribution in [2.45, 2.75) is 50.3 Å². The Morgan fingerprint density at radius 2 is 1.86 bits per heavy atom. The molecular weight excluding hydrogens is 495 g/mol. The maximum atomic E-state index is 15.5. The van der Waals surface area contributed by atoms with Crippen LogP contribution in [0.3, 0.4) is 0 Å². The lowest BCUT2D eigenvalue weighted by Gasteiger charge is -2.31. The van der Waals surface area contributed by atoms with Crippen LogP contribution in [0.15, 0.2) is 42.5 Å². The number of hydrogen-bond acceptors (Lipinski definition) is 4. The predicted molar refractivity (Wildman–Crippen MR) is 119 cm³/mol. The monoisotopic (exact) mass is 520 g/mol. The molecule has 2 N–H and O–H groups in total. The summed E-state index contributed by atoms with van der Waals surface area (Å²) in [5.41, 5.74) is -2.45. The summed E-state index contributed by atoms with van der Waals surface area (Å²) in [6, 6.07) is 5.40. The van der Waals surface area contributed by atoms with E-state index in [1.165, 1.54) is 36.4 Å². The SMILES string of the molecule is CC(C)(O)C(=O)N1CC(F)(F)[C@H](NS(C)(=O)=O)[C@@H]1Cc1cccc(-c2cccc(C(F)F)c2)c1F. The minimum absolute atomic E-state index is 0.0669. The van der Waals surface area contributed by atoms with Crippen molar-refractivity contribution >= 4 is 15.9 Å². The van der Waals surface area contributed by atoms with Gasteiger partial charge in [0.15, 0.2) is 0 Å². The first-order valence-electron chi connectivity index (χ1n) is 10.6. The number of carbonyl (C=O) groups is 1. The predicted octanol–water partition coefficient (Wildman–Crippen LogP) is 3.51. The summed E-state index contributed by atoms with van der Waals surface area (Å²) in [5, 5.41) is 10.1. The first-order chi connectivity index (χ1) is 16.0. The van der Waals surface area contributed by atoms with E-state index in [2.05, 4.69) is 0 Å². The fourth-order valence-corrected chi connectivity index (χ4v) is 4.92. The van der Waals surface area contributed by atoms with Crippen molar-refractivity contribution in [1.29, 1.82) is 0 Å². The summed E-state index contributed by atoms with van der Waals surface area (Å²) < 4.78 is 96.9. The molecule has 0 aliphatic carbocycles. The minimum atomic E-state index is -4.16. The molecule has 0 unspecified atom stereocenters. The average Bonchev–Trinajstić information content (AvgIpc) is 2.97. The number of likely N-dealkylation sites (tertiary alicyclic amines) is 1. The first kappa shape index (κ1) is 27.0. The smallest absolute Gasteiger partial charge is 0.283 e. The second-order valence-corrected chi connectivity index (χ2v) is 10.9. The van der Waals surface area contributed by atoms with Crippen LogP contribution < -0.4 is 4.72 Å². The number of nitrogens with zero attached hydrogens (tertiary/aromatic N) is 1. The van der Waals surface area contributed by atoms with Crippen LogP contribution in [0.25, 0.3) is 11.1 Å². The van der Waals surface area contributed by atoms with Crippen LogP contribution in [-0.4, -0.2) is 60.7 Å². The van der Waals surface area contributed by atoms with Crippen molar-refractivity contribution < 1.29 is 40.3 Å². The van der Waals surface area contributed by atoms with Gasteiger partial charge in [-0.05, 0) is 37.5 Å². The number of nitrogens with one attached hydrogen (secondary N) is 1. The van der Waals surface area contributed by atoms with E-state index < -0.39 is 64.7 Å². The molecule has 0 radical (unpaired) electrons. The van der Waals surface area contributed by atoms with E-state index in [4.69, 9.17) is 0 Å². The fraction of sp³-hybridized carbons (Fsp3) is 0.435. The Morgan fingerprint density at radius 1 is 1.23 bits per heavy atom. The molecule has 0 bridgehead atoms. The van der Waals surface area contributed by atoms with E-state index in [0.29, 0.717) is 11.2 Å². The van der Waals surface area contributed by atoms with Crippen molar-refractivity contribution in [1.82, 2.24) is 9.62 Å². The number of benzene rings is 2. The minimum Gasteiger partial charge on any atom is -0.381 e. The Balaban J connectivity index is 2.06. The van der Waals surface area contributed by atoms with Crippen molar-refractivity contribution in [2.75, 3.05) is 12.8 Å². The topological polar surface area (TPSA) is 86.7 Å². The molecule has 3 rings (SSSR count). The van der Waals surface area contributed by atoms with Gasteiger partial charge in [0.1, 0.15) is 17.5 Å². The Bertz CT molecular complexity index is 1210. The number of aliphatic hydroxyl groups is 1. The highest BCUT2D eigenvalue weighted by molar-refractivity contribution is 7.88. The second-order valence-electron chi connectivity index (χ2n) is 9.10. The van der Waals surface area contributed by atoms with Gasteiger partial charge in [0.05, 0.1) is 18.8 Å². The van der Waals surface area contributed by atoms with Crippen molar-refractivity contribution in [3.05, 3.63) is 59.4 Å². The maximum Gasteiger partial charge on any atom is 0.283 e. The summed E-state index contributed by atoms with van der Waals surface area (Å²) in [6.07, 6.45) is -2.64. The zero-order valence-electron chi connectivity index (χ0n) is 19.1. The van der Waals surface area contributed by atoms with Crippen LogP contribution >= 0.6 is 0 Å². The third-order valence-corrected chi connectivity index (χ3v) is 6.39. The first-order valence-corrected chi connectivity index (χ1v) is 12.4. The summed E-state index contributed by atoms with van der Waals surface area (Å²) in [5.74, 6) is -5.68. The molecule has 35 heavy (non-hydrogen) atoms. The molecule has 0 saturated carbocycles. The molecule has 192 valence electrons. The zero-order valence-corrected chi connectivity index (χ0v) is 19.9. The number of rotatable bonds is 7. The highest BCUT2D eigenvalue weighted by Gasteiger charge is 2.58. The number of halogens is 5. The number of amides is 1. The normalized spacial score (nSPS) is 20.5. The van der Waals surface area contributed by atoms with Gasteiger partial charge in [0.25, 0.3) is 18.3 Å². The number of carbonyl (C=O) groups excluding carboxylic acids is 1. The van der Waals surface area contributed by atoms with Crippen LogP contribution in [0.1, 0.15) is 31.4 Å². The van der Waals surface area contributed by atoms with Gasteiger partial charge in [0, 0.05) is 11.1 Å². The quantitative estimate of drug-likeness (QED) is 0.548. The zero-order chi connectivity index (χ0) is 26.3. The highest BCUT2D eigenvalue weighted by Crippen LogP contribution is 2.37. The van der Waals surface area contributed by atoms with Crippen molar-refractivity contribution in [3.63, 3.8) is 0 Å². The maximum absolute atomic E-state index is 15.5. The van der Waals surface area contributed by atoms with Gasteiger partial charge in [-0.15, -0.1) is 0 Å². The molecule has 0 spiro atoms. The van der Waals surface area contributed by atoms with Gasteiger partial charge in [0.2, 0.25) is 10.0 Å². The molecule has 0 aromatic heterocycles. The molecular formula is C23H25F5N2O4S. The van der Waals surface area contributed by atoms with Gasteiger partial charge in [-0.2, -0.15) is 0 Å². The lowest BCUT2D eigenvalue weighted by molar-refractivity contribution is -0.149. The molecule has 6 nitrogen and oxygen atoms in total. The summed E-state index contributed by atoms with van der Waals surface area (Å²) in [6.45, 7) is 1.00. The van der Waals surface area contributed by atoms with Crippen molar-refractivity contribution in [2.24, 2.45) is 0 Å². The number of alkyl halides is 4. The Morgan fingerprint density at radius 3 is 2.43 bits per heavy atom. The van der Waals surface area contributed by atoms with Crippen LogP contribution in [0.4, 0.5) is 22.0 Å². The fourth-order valence-electron chi connectivity index (χ4n) is 4.13. The van der Waals surface area contributed by atoms with E-state index in [0.717, 1.165) is 19.9 Å². The molecule has 2 atom stereocenters. The average molecular weight is 521 g/mol. The van der Waals surface area contributed by atoms with E-state index >= 15 is 4.39 Å². The van der Waals surface area contributed by atoms with E-state index in [9.17, 15) is 35.9 Å². The molecule has 2 aromatic rings. The van der Waals surface area contributed by atoms with Gasteiger partial charge in [-0.1, -0.05) is 36.4 Å². The van der Waals surface area contributed by atoms with Crippen molar-refractivity contribution in [3.8, 4) is 11.1 Å². The standard InChI is InChI=1S/C23H25F5N2O4S/c1-22(2,32)21(31)30-12-23(27,28)19(29-35(3,33)34)17(30)11-14-7-5-9-16(18(14)24)13-6-4-8-15(10-13)20(25)26/h4-10,17,19-20,29,32H,11-12H2,1-3H3/t17-,19+/m0/s1. The van der Waals surface area contributed by atoms with Crippen LogP contribution in [-0.2, 0) is 21.2 Å². The molecule has 1 saturated heterocycles. The number of sulfonamides is 1. The molecule has 1 amide bonds. The third kappa shape index (κ3) is 5.99. The summed E-state index contributed by atoms with van der Waals surface area (Å²) in [4.78, 5) is 13.4. The van der Waals surface area contributed by atoms with Crippen LogP contribution in [0, 0.1) is 5.82 Å². The van der Waals surface area contributed by atoms with Gasteiger partial charge < -0.3 is 10.0 Å². The van der Waals surface area contributed by atoms with Gasteiger partial charge >= 0.3 is 0 Å². The van der Waals surface area contributed by atoms with E-state index in [1.54, 1.807) is 0 Å². The van der Waals surface area contributed by atoms with E-state index in [-0.39, 0.29) is 22.3 Å². The molecule has 1 aliphatic rings. The molecule has 2 aromatic carbocycles. The van der Waals surface area contributed by atoms with Crippen LogP contribution in [0.5, 0.6) is 0 Å².